The van der Waals surface area contributed by atoms with E-state index in [-0.39, 0.29) is 16.3 Å². The molecular formula is C17H19FN2O3S2. The van der Waals surface area contributed by atoms with Gasteiger partial charge in [-0.2, -0.15) is 4.31 Å². The van der Waals surface area contributed by atoms with E-state index < -0.39 is 10.0 Å². The molecule has 2 heterocycles. The van der Waals surface area contributed by atoms with Crippen LogP contribution in [0, 0.1) is 5.82 Å². The summed E-state index contributed by atoms with van der Waals surface area (Å²) in [5.74, 6) is 0.291. The van der Waals surface area contributed by atoms with Gasteiger partial charge in [0, 0.05) is 42.5 Å². The molecule has 0 amide bonds. The zero-order valence-electron chi connectivity index (χ0n) is 13.6. The lowest BCUT2D eigenvalue weighted by Crippen LogP contribution is -2.29. The molecule has 1 aliphatic heterocycles. The molecule has 0 atom stereocenters. The van der Waals surface area contributed by atoms with Crippen molar-refractivity contribution in [1.29, 1.82) is 0 Å². The van der Waals surface area contributed by atoms with E-state index in [0.29, 0.717) is 25.4 Å². The summed E-state index contributed by atoms with van der Waals surface area (Å²) in [6, 6.07) is 8.80. The molecule has 1 fully saturated rings. The Hall–Kier alpha value is -1.64. The van der Waals surface area contributed by atoms with Crippen LogP contribution in [-0.4, -0.2) is 36.1 Å². The summed E-state index contributed by atoms with van der Waals surface area (Å²) in [6.45, 7) is 1.44. The smallest absolute Gasteiger partial charge is 0.250 e. The largest absolute Gasteiger partial charge is 0.313 e. The highest BCUT2D eigenvalue weighted by molar-refractivity contribution is 7.99. The quantitative estimate of drug-likeness (QED) is 0.721. The molecule has 0 N–H and O–H groups in total. The van der Waals surface area contributed by atoms with Crippen LogP contribution in [0.1, 0.15) is 12.8 Å². The fraction of sp³-hybridized carbons (Fsp3) is 0.353. The van der Waals surface area contributed by atoms with Crippen molar-refractivity contribution in [3.63, 3.8) is 0 Å². The molecule has 0 unspecified atom stereocenters. The van der Waals surface area contributed by atoms with Crippen molar-refractivity contribution >= 4 is 21.8 Å². The average molecular weight is 382 g/mol. The van der Waals surface area contributed by atoms with Crippen LogP contribution < -0.4 is 5.56 Å². The Labute approximate surface area is 150 Å². The van der Waals surface area contributed by atoms with E-state index in [2.05, 4.69) is 0 Å². The van der Waals surface area contributed by atoms with Crippen molar-refractivity contribution in [2.45, 2.75) is 29.2 Å². The molecular weight excluding hydrogens is 363 g/mol. The third-order valence-corrected chi connectivity index (χ3v) is 6.95. The maximum Gasteiger partial charge on any atom is 0.250 e. The second-order valence-electron chi connectivity index (χ2n) is 5.81. The lowest BCUT2D eigenvalue weighted by Gasteiger charge is -2.16. The van der Waals surface area contributed by atoms with Crippen LogP contribution in [0.3, 0.4) is 0 Å². The minimum atomic E-state index is -3.53. The number of thioether (sulfide) groups is 1. The molecule has 1 aromatic carbocycles. The third-order valence-electron chi connectivity index (χ3n) is 4.07. The maximum atomic E-state index is 12.9. The molecule has 0 aliphatic carbocycles. The van der Waals surface area contributed by atoms with E-state index in [4.69, 9.17) is 0 Å². The summed E-state index contributed by atoms with van der Waals surface area (Å²) in [4.78, 5) is 13.1. The summed E-state index contributed by atoms with van der Waals surface area (Å²) in [5, 5.41) is 0. The second-order valence-corrected chi connectivity index (χ2v) is 8.92. The molecule has 0 radical (unpaired) electrons. The van der Waals surface area contributed by atoms with Crippen LogP contribution in [0.15, 0.2) is 57.2 Å². The molecule has 0 saturated carbocycles. The fourth-order valence-corrected chi connectivity index (χ4v) is 5.10. The SMILES string of the molecule is O=c1ccc(S(=O)(=O)N2CCCC2)cn1CCSc1ccc(F)cc1. The van der Waals surface area contributed by atoms with Crippen molar-refractivity contribution in [3.8, 4) is 0 Å². The van der Waals surface area contributed by atoms with Crippen LogP contribution in [0.5, 0.6) is 0 Å². The van der Waals surface area contributed by atoms with Gasteiger partial charge in [-0.1, -0.05) is 0 Å². The van der Waals surface area contributed by atoms with E-state index >= 15 is 0 Å². The predicted molar refractivity (Wildman–Crippen MR) is 95.8 cm³/mol. The van der Waals surface area contributed by atoms with E-state index in [9.17, 15) is 17.6 Å². The normalized spacial score (nSPS) is 15.6. The number of halogens is 1. The van der Waals surface area contributed by atoms with Crippen molar-refractivity contribution < 1.29 is 12.8 Å². The predicted octanol–water partition coefficient (Wildman–Crippen LogP) is 2.56. The Morgan fingerprint density at radius 2 is 1.72 bits per heavy atom. The Kier molecular flexibility index (Phi) is 5.61. The van der Waals surface area contributed by atoms with Crippen LogP contribution in [-0.2, 0) is 16.6 Å². The summed E-state index contributed by atoms with van der Waals surface area (Å²) >= 11 is 1.49. The van der Waals surface area contributed by atoms with Crippen molar-refractivity contribution in [2.24, 2.45) is 0 Å². The highest BCUT2D eigenvalue weighted by Gasteiger charge is 2.27. The van der Waals surface area contributed by atoms with Crippen molar-refractivity contribution in [3.05, 3.63) is 58.8 Å². The van der Waals surface area contributed by atoms with Gasteiger partial charge in [-0.3, -0.25) is 4.79 Å². The van der Waals surface area contributed by atoms with Gasteiger partial charge in [0.1, 0.15) is 5.82 Å². The minimum Gasteiger partial charge on any atom is -0.313 e. The van der Waals surface area contributed by atoms with Gasteiger partial charge in [-0.25, -0.2) is 12.8 Å². The average Bonchev–Trinajstić information content (AvgIpc) is 3.13. The molecule has 1 aromatic heterocycles. The number of sulfonamides is 1. The molecule has 0 spiro atoms. The van der Waals surface area contributed by atoms with E-state index in [1.54, 1.807) is 12.1 Å². The van der Waals surface area contributed by atoms with Gasteiger partial charge in [0.15, 0.2) is 0 Å². The summed E-state index contributed by atoms with van der Waals surface area (Å²) in [6.07, 6.45) is 3.15. The first-order valence-electron chi connectivity index (χ1n) is 8.06. The first-order valence-corrected chi connectivity index (χ1v) is 10.5. The number of pyridine rings is 1. The number of aryl methyl sites for hydroxylation is 1. The molecule has 2 aromatic rings. The van der Waals surface area contributed by atoms with Crippen LogP contribution in [0.4, 0.5) is 4.39 Å². The Bertz CT molecular complexity index is 889. The summed E-state index contributed by atoms with van der Waals surface area (Å²) < 4.78 is 41.0. The van der Waals surface area contributed by atoms with Crippen molar-refractivity contribution in [1.82, 2.24) is 8.87 Å². The van der Waals surface area contributed by atoms with E-state index in [1.807, 2.05) is 0 Å². The summed E-state index contributed by atoms with van der Waals surface area (Å²) in [7, 11) is -3.53. The van der Waals surface area contributed by atoms with Crippen LogP contribution in [0.2, 0.25) is 0 Å². The highest BCUT2D eigenvalue weighted by Crippen LogP contribution is 2.21. The molecule has 3 rings (SSSR count). The fourth-order valence-electron chi connectivity index (χ4n) is 2.71. The lowest BCUT2D eigenvalue weighted by molar-refractivity contribution is 0.476. The number of benzene rings is 1. The molecule has 1 aliphatic rings. The topological polar surface area (TPSA) is 59.4 Å². The highest BCUT2D eigenvalue weighted by atomic mass is 32.2. The molecule has 8 heteroatoms. The van der Waals surface area contributed by atoms with Gasteiger partial charge in [0.2, 0.25) is 10.0 Å². The van der Waals surface area contributed by atoms with Gasteiger partial charge >= 0.3 is 0 Å². The van der Waals surface area contributed by atoms with Gasteiger partial charge in [0.05, 0.1) is 4.90 Å². The van der Waals surface area contributed by atoms with E-state index in [0.717, 1.165) is 17.7 Å². The maximum absolute atomic E-state index is 12.9. The third kappa shape index (κ3) is 4.31. The standard InChI is InChI=1S/C17H19FN2O3S2/c18-14-3-5-15(6-4-14)24-12-11-19-13-16(7-8-17(19)21)25(22,23)20-9-1-2-10-20/h3-8,13H,1-2,9-12H2. The molecule has 1 saturated heterocycles. The zero-order chi connectivity index (χ0) is 17.9. The first-order chi connectivity index (χ1) is 12.0. The Balaban J connectivity index is 1.71. The number of nitrogens with zero attached hydrogens (tertiary/aromatic N) is 2. The van der Waals surface area contributed by atoms with Gasteiger partial charge < -0.3 is 4.57 Å². The number of aromatic nitrogens is 1. The number of hydrogen-bond donors (Lipinski definition) is 0. The first kappa shape index (κ1) is 18.2. The Morgan fingerprint density at radius 1 is 1.04 bits per heavy atom. The lowest BCUT2D eigenvalue weighted by atomic mass is 10.4. The van der Waals surface area contributed by atoms with Gasteiger partial charge in [-0.15, -0.1) is 11.8 Å². The van der Waals surface area contributed by atoms with Crippen LogP contribution >= 0.6 is 11.8 Å². The zero-order valence-corrected chi connectivity index (χ0v) is 15.2. The molecule has 134 valence electrons. The molecule has 0 bridgehead atoms. The summed E-state index contributed by atoms with van der Waals surface area (Å²) in [5.41, 5.74) is -0.236. The molecule has 5 nitrogen and oxygen atoms in total. The Morgan fingerprint density at radius 3 is 2.40 bits per heavy atom. The molecule has 25 heavy (non-hydrogen) atoms. The van der Waals surface area contributed by atoms with Gasteiger partial charge in [0.25, 0.3) is 5.56 Å². The van der Waals surface area contributed by atoms with E-state index in [1.165, 1.54) is 51.1 Å². The number of rotatable bonds is 6. The van der Waals surface area contributed by atoms with Gasteiger partial charge in [-0.05, 0) is 43.2 Å². The number of hydrogen-bond acceptors (Lipinski definition) is 4. The minimum absolute atomic E-state index is 0.154. The van der Waals surface area contributed by atoms with Crippen LogP contribution in [0.25, 0.3) is 0 Å². The van der Waals surface area contributed by atoms with Crippen molar-refractivity contribution in [2.75, 3.05) is 18.8 Å². The monoisotopic (exact) mass is 382 g/mol. The second kappa shape index (κ2) is 7.72.